The van der Waals surface area contributed by atoms with Crippen LogP contribution in [0.5, 0.6) is 5.75 Å². The minimum absolute atomic E-state index is 0. The molecule has 1 aromatic carbocycles. The zero-order valence-corrected chi connectivity index (χ0v) is 14.8. The van der Waals surface area contributed by atoms with Gasteiger partial charge < -0.3 is 20.5 Å². The summed E-state index contributed by atoms with van der Waals surface area (Å²) in [7, 11) is 1.60. The van der Waals surface area contributed by atoms with E-state index in [1.165, 1.54) is 0 Å². The molecule has 6 heteroatoms. The number of carbonyl (C=O) groups is 1. The van der Waals surface area contributed by atoms with Crippen molar-refractivity contribution in [1.29, 1.82) is 0 Å². The molecule has 0 radical (unpaired) electrons. The first-order valence-electron chi connectivity index (χ1n) is 8.51. The number of nitrogens with one attached hydrogen (secondary N) is 2. The molecule has 1 unspecified atom stereocenters. The van der Waals surface area contributed by atoms with Crippen LogP contribution < -0.4 is 15.4 Å². The Morgan fingerprint density at radius 3 is 2.62 bits per heavy atom. The summed E-state index contributed by atoms with van der Waals surface area (Å²) in [6, 6.07) is 7.40. The van der Waals surface area contributed by atoms with Crippen LogP contribution in [0.3, 0.4) is 0 Å². The number of benzene rings is 1. The summed E-state index contributed by atoms with van der Waals surface area (Å²) in [5.74, 6) is 1.52. The molecule has 0 aromatic heterocycles. The van der Waals surface area contributed by atoms with Gasteiger partial charge in [0, 0.05) is 11.6 Å². The number of hydrogen-bond acceptors (Lipinski definition) is 4. The maximum absolute atomic E-state index is 12.6. The number of aliphatic hydroxyl groups excluding tert-OH is 1. The van der Waals surface area contributed by atoms with Crippen molar-refractivity contribution >= 4 is 18.3 Å². The van der Waals surface area contributed by atoms with Crippen LogP contribution in [0.2, 0.25) is 0 Å². The molecule has 0 bridgehead atoms. The quantitative estimate of drug-likeness (QED) is 0.756. The number of rotatable bonds is 5. The van der Waals surface area contributed by atoms with E-state index < -0.39 is 0 Å². The predicted octanol–water partition coefficient (Wildman–Crippen LogP) is 1.99. The molecule has 1 aliphatic carbocycles. The van der Waals surface area contributed by atoms with Crippen LogP contribution in [0, 0.1) is 11.8 Å². The molecule has 1 saturated heterocycles. The molecule has 3 rings (SSSR count). The van der Waals surface area contributed by atoms with Crippen molar-refractivity contribution in [2.45, 2.75) is 37.8 Å². The number of halogens is 1. The van der Waals surface area contributed by atoms with Gasteiger partial charge in [0.1, 0.15) is 5.75 Å². The number of aliphatic hydroxyl groups is 1. The van der Waals surface area contributed by atoms with E-state index in [0.717, 1.165) is 38.8 Å². The molecule has 0 spiro atoms. The van der Waals surface area contributed by atoms with E-state index in [1.54, 1.807) is 13.2 Å². The summed E-state index contributed by atoms with van der Waals surface area (Å²) in [5, 5.41) is 16.3. The first-order chi connectivity index (χ1) is 11.2. The topological polar surface area (TPSA) is 70.6 Å². The van der Waals surface area contributed by atoms with E-state index in [-0.39, 0.29) is 30.5 Å². The van der Waals surface area contributed by atoms with Gasteiger partial charge in [-0.1, -0.05) is 6.07 Å². The molecule has 3 N–H and O–H groups in total. The van der Waals surface area contributed by atoms with Crippen molar-refractivity contribution in [3.8, 4) is 5.75 Å². The first kappa shape index (κ1) is 19.0. The summed E-state index contributed by atoms with van der Waals surface area (Å²) in [4.78, 5) is 12.6. The summed E-state index contributed by atoms with van der Waals surface area (Å²) < 4.78 is 5.20. The highest BCUT2D eigenvalue weighted by molar-refractivity contribution is 5.94. The Kier molecular flexibility index (Phi) is 6.90. The zero-order chi connectivity index (χ0) is 16.2. The van der Waals surface area contributed by atoms with Crippen LogP contribution in [0.4, 0.5) is 0 Å². The number of amides is 1. The van der Waals surface area contributed by atoms with Crippen LogP contribution in [0.15, 0.2) is 24.3 Å². The lowest BCUT2D eigenvalue weighted by Gasteiger charge is -2.43. The number of carbonyl (C=O) groups excluding carboxylic acids is 1. The summed E-state index contributed by atoms with van der Waals surface area (Å²) in [6.45, 7) is 2.01. The van der Waals surface area contributed by atoms with Gasteiger partial charge in [0.05, 0.1) is 13.2 Å². The second-order valence-corrected chi connectivity index (χ2v) is 6.70. The number of hydrogen-bond donors (Lipinski definition) is 3. The fraction of sp³-hybridized carbons (Fsp3) is 0.611. The highest BCUT2D eigenvalue weighted by Crippen LogP contribution is 2.36. The zero-order valence-electron chi connectivity index (χ0n) is 14.0. The fourth-order valence-electron chi connectivity index (χ4n) is 3.75. The van der Waals surface area contributed by atoms with E-state index >= 15 is 0 Å². The van der Waals surface area contributed by atoms with Gasteiger partial charge in [0.25, 0.3) is 5.91 Å². The van der Waals surface area contributed by atoms with Crippen molar-refractivity contribution in [1.82, 2.24) is 10.6 Å². The SMILES string of the molecule is COc1cccc(C(=O)NC(C2CCNCC2)C2CC(O)C2)c1.Cl. The molecule has 24 heavy (non-hydrogen) atoms. The van der Waals surface area contributed by atoms with Crippen LogP contribution in [-0.4, -0.2) is 43.4 Å². The number of methoxy groups -OCH3 is 1. The summed E-state index contributed by atoms with van der Waals surface area (Å²) in [6.07, 6.45) is 3.56. The monoisotopic (exact) mass is 354 g/mol. The second kappa shape index (κ2) is 8.70. The average Bonchev–Trinajstić information content (AvgIpc) is 2.58. The first-order valence-corrected chi connectivity index (χ1v) is 8.51. The van der Waals surface area contributed by atoms with Crippen molar-refractivity contribution in [3.63, 3.8) is 0 Å². The van der Waals surface area contributed by atoms with Gasteiger partial charge in [-0.15, -0.1) is 12.4 Å². The van der Waals surface area contributed by atoms with Crippen molar-refractivity contribution in [2.75, 3.05) is 20.2 Å². The van der Waals surface area contributed by atoms with Crippen molar-refractivity contribution in [3.05, 3.63) is 29.8 Å². The van der Waals surface area contributed by atoms with Crippen molar-refractivity contribution in [2.24, 2.45) is 11.8 Å². The molecule has 2 aliphatic rings. The Morgan fingerprint density at radius 2 is 2.00 bits per heavy atom. The Labute approximate surface area is 149 Å². The van der Waals surface area contributed by atoms with Gasteiger partial charge >= 0.3 is 0 Å². The maximum atomic E-state index is 12.6. The fourth-order valence-corrected chi connectivity index (χ4v) is 3.75. The van der Waals surface area contributed by atoms with E-state index in [4.69, 9.17) is 4.74 Å². The van der Waals surface area contributed by atoms with E-state index in [9.17, 15) is 9.90 Å². The van der Waals surface area contributed by atoms with E-state index in [1.807, 2.05) is 18.2 Å². The molecule has 134 valence electrons. The molecule has 5 nitrogen and oxygen atoms in total. The van der Waals surface area contributed by atoms with Gasteiger partial charge in [-0.25, -0.2) is 0 Å². The van der Waals surface area contributed by atoms with Crippen LogP contribution in [0.1, 0.15) is 36.0 Å². The van der Waals surface area contributed by atoms with Gasteiger partial charge in [-0.2, -0.15) is 0 Å². The molecule has 1 heterocycles. The average molecular weight is 355 g/mol. The lowest BCUT2D eigenvalue weighted by molar-refractivity contribution is 0.00919. The molecule has 1 atom stereocenters. The number of piperidine rings is 1. The minimum atomic E-state index is -0.196. The van der Waals surface area contributed by atoms with Gasteiger partial charge in [-0.3, -0.25) is 4.79 Å². The molecule has 1 amide bonds. The van der Waals surface area contributed by atoms with Gasteiger partial charge in [0.15, 0.2) is 0 Å². The third-order valence-corrected chi connectivity index (χ3v) is 5.18. The molecular formula is C18H27ClN2O3. The smallest absolute Gasteiger partial charge is 0.251 e. The molecule has 1 aliphatic heterocycles. The normalized spacial score (nSPS) is 25.1. The highest BCUT2D eigenvalue weighted by atomic mass is 35.5. The Balaban J connectivity index is 0.00000208. The van der Waals surface area contributed by atoms with Crippen molar-refractivity contribution < 1.29 is 14.6 Å². The second-order valence-electron chi connectivity index (χ2n) is 6.70. The molecule has 2 fully saturated rings. The number of ether oxygens (including phenoxy) is 1. The Morgan fingerprint density at radius 1 is 1.29 bits per heavy atom. The minimum Gasteiger partial charge on any atom is -0.497 e. The van der Waals surface area contributed by atoms with Gasteiger partial charge in [0.2, 0.25) is 0 Å². The highest BCUT2D eigenvalue weighted by Gasteiger charge is 2.39. The summed E-state index contributed by atoms with van der Waals surface area (Å²) >= 11 is 0. The van der Waals surface area contributed by atoms with E-state index in [2.05, 4.69) is 10.6 Å². The third kappa shape index (κ3) is 4.41. The van der Waals surface area contributed by atoms with Crippen LogP contribution in [0.25, 0.3) is 0 Å². The predicted molar refractivity (Wildman–Crippen MR) is 95.8 cm³/mol. The largest absolute Gasteiger partial charge is 0.497 e. The lowest BCUT2D eigenvalue weighted by Crippen LogP contribution is -2.52. The third-order valence-electron chi connectivity index (χ3n) is 5.18. The van der Waals surface area contributed by atoms with Crippen LogP contribution >= 0.6 is 12.4 Å². The van der Waals surface area contributed by atoms with Gasteiger partial charge in [-0.05, 0) is 68.8 Å². The standard InChI is InChI=1S/C18H26N2O3.ClH/c1-23-16-4-2-3-13(11-16)18(22)20-17(14-9-15(21)10-14)12-5-7-19-8-6-12;/h2-4,11-12,14-15,17,19,21H,5-10H2,1H3,(H,20,22);1H. The maximum Gasteiger partial charge on any atom is 0.251 e. The molecular weight excluding hydrogens is 328 g/mol. The molecule has 1 aromatic rings. The van der Waals surface area contributed by atoms with E-state index in [0.29, 0.717) is 23.1 Å². The summed E-state index contributed by atoms with van der Waals surface area (Å²) in [5.41, 5.74) is 0.628. The molecule has 1 saturated carbocycles. The Hall–Kier alpha value is -1.30. The van der Waals surface area contributed by atoms with Crippen LogP contribution in [-0.2, 0) is 0 Å². The lowest BCUT2D eigenvalue weighted by atomic mass is 9.71. The Bertz CT molecular complexity index is 543.